The molecule has 0 saturated carbocycles. The van der Waals surface area contributed by atoms with E-state index in [4.69, 9.17) is 0 Å². The second-order valence-corrected chi connectivity index (χ2v) is 9.94. The van der Waals surface area contributed by atoms with E-state index in [-0.39, 0.29) is 30.2 Å². The van der Waals surface area contributed by atoms with Crippen LogP contribution >= 0.6 is 0 Å². The Kier molecular flexibility index (Phi) is 7.75. The molecule has 131 valence electrons. The van der Waals surface area contributed by atoms with Crippen LogP contribution in [0.15, 0.2) is 48.0 Å². The van der Waals surface area contributed by atoms with Crippen LogP contribution < -0.4 is 24.8 Å². The average molecular weight is 539 g/mol. The summed E-state index contributed by atoms with van der Waals surface area (Å²) in [7, 11) is 0. The third-order valence-corrected chi connectivity index (χ3v) is 7.14. The van der Waals surface area contributed by atoms with Crippen molar-refractivity contribution in [1.82, 2.24) is 0 Å². The van der Waals surface area contributed by atoms with Gasteiger partial charge >= 0.3 is 156 Å². The van der Waals surface area contributed by atoms with E-state index in [0.717, 1.165) is 0 Å². The molecule has 0 aliphatic heterocycles. The summed E-state index contributed by atoms with van der Waals surface area (Å²) >= 11 is 1.19. The van der Waals surface area contributed by atoms with Gasteiger partial charge in [0, 0.05) is 0 Å². The van der Waals surface area contributed by atoms with Gasteiger partial charge in [0.2, 0.25) is 0 Å². The van der Waals surface area contributed by atoms with Gasteiger partial charge in [-0.15, -0.1) is 0 Å². The van der Waals surface area contributed by atoms with Crippen molar-refractivity contribution in [2.75, 3.05) is 0 Å². The summed E-state index contributed by atoms with van der Waals surface area (Å²) in [6.07, 6.45) is 2.46. The van der Waals surface area contributed by atoms with Crippen molar-refractivity contribution < 1.29 is 49.2 Å². The molecule has 1 atom stereocenters. The fourth-order valence-corrected chi connectivity index (χ4v) is 5.73. The molecule has 2 aromatic carbocycles. The van der Waals surface area contributed by atoms with Crippen LogP contribution in [-0.2, 0) is 29.8 Å². The summed E-state index contributed by atoms with van der Waals surface area (Å²) in [5.41, 5.74) is 8.95. The Balaban J connectivity index is 0.00000156. The molecule has 3 rings (SSSR count). The molecule has 0 spiro atoms. The monoisotopic (exact) mass is 539 g/mol. The zero-order valence-electron chi connectivity index (χ0n) is 15.5. The van der Waals surface area contributed by atoms with Gasteiger partial charge in [0.25, 0.3) is 0 Å². The first-order valence-corrected chi connectivity index (χ1v) is 10.5. The van der Waals surface area contributed by atoms with Crippen LogP contribution in [0.5, 0.6) is 0 Å². The largest absolute Gasteiger partial charge is 1.00 e. The molecule has 0 heterocycles. The molecule has 0 fully saturated rings. The number of rotatable bonds is 2. The predicted octanol–water partition coefficient (Wildman–Crippen LogP) is 0.300. The fraction of sp³-hybridized carbons (Fsp3) is 0.364. The van der Waals surface area contributed by atoms with Gasteiger partial charge in [-0.3, -0.25) is 0 Å². The summed E-state index contributed by atoms with van der Waals surface area (Å²) in [6, 6.07) is 16.0. The molecule has 0 amide bonds. The van der Waals surface area contributed by atoms with Crippen molar-refractivity contribution in [2.24, 2.45) is 5.92 Å². The molecule has 0 bridgehead atoms. The summed E-state index contributed by atoms with van der Waals surface area (Å²) in [5.74, 6) is 0.640. The van der Waals surface area contributed by atoms with Crippen molar-refractivity contribution >= 4 is 6.08 Å². The molecule has 1 aliphatic rings. The van der Waals surface area contributed by atoms with Crippen molar-refractivity contribution in [3.05, 3.63) is 64.7 Å². The topological polar surface area (TPSA) is 0 Å². The molecule has 0 saturated heterocycles. The first-order valence-electron chi connectivity index (χ1n) is 8.45. The predicted molar refractivity (Wildman–Crippen MR) is 96.1 cm³/mol. The van der Waals surface area contributed by atoms with Gasteiger partial charge < -0.3 is 24.8 Å². The Labute approximate surface area is 179 Å². The SMILES string of the molecule is CC(C)C1=Cc2c(-c3ccc(C(C)(C)C)cc3)cccc2[CH]1[Hf+2].[Cl-].[Cl-]. The number of benzene rings is 2. The van der Waals surface area contributed by atoms with Crippen LogP contribution in [0, 0.1) is 5.92 Å². The van der Waals surface area contributed by atoms with Crippen LogP contribution in [0.2, 0.25) is 0 Å². The van der Waals surface area contributed by atoms with Crippen molar-refractivity contribution in [3.8, 4) is 11.1 Å². The number of fused-ring (bicyclic) bond motifs is 1. The van der Waals surface area contributed by atoms with Gasteiger partial charge in [-0.25, -0.2) is 0 Å². The summed E-state index contributed by atoms with van der Waals surface area (Å²) in [6.45, 7) is 11.4. The van der Waals surface area contributed by atoms with E-state index in [1.54, 1.807) is 5.57 Å². The Morgan fingerprint density at radius 3 is 2.04 bits per heavy atom. The number of hydrogen-bond donors (Lipinski definition) is 0. The molecular weight excluding hydrogens is 514 g/mol. The van der Waals surface area contributed by atoms with Gasteiger partial charge in [0.15, 0.2) is 0 Å². The molecule has 1 aliphatic carbocycles. The quantitative estimate of drug-likeness (QED) is 0.483. The molecule has 25 heavy (non-hydrogen) atoms. The van der Waals surface area contributed by atoms with Crippen molar-refractivity contribution in [1.29, 1.82) is 0 Å². The number of allylic oxidation sites excluding steroid dienone is 1. The summed E-state index contributed by atoms with van der Waals surface area (Å²) < 4.78 is 0.679. The van der Waals surface area contributed by atoms with Crippen LogP contribution in [0.25, 0.3) is 17.2 Å². The van der Waals surface area contributed by atoms with E-state index in [9.17, 15) is 0 Å². The Morgan fingerprint density at radius 2 is 1.52 bits per heavy atom. The molecule has 3 heteroatoms. The Hall–Kier alpha value is -0.370. The molecule has 0 nitrogen and oxygen atoms in total. The number of halogens is 2. The second kappa shape index (κ2) is 8.55. The van der Waals surface area contributed by atoms with Crippen molar-refractivity contribution in [3.63, 3.8) is 0 Å². The maximum Gasteiger partial charge on any atom is -1.00 e. The maximum absolute atomic E-state index is 2.46. The van der Waals surface area contributed by atoms with Gasteiger partial charge in [-0.1, -0.05) is 0 Å². The molecule has 1 unspecified atom stereocenters. The first-order chi connectivity index (χ1) is 10.8. The van der Waals surface area contributed by atoms with E-state index in [1.807, 2.05) is 0 Å². The molecular formula is C22H25Cl2Hf. The van der Waals surface area contributed by atoms with Crippen molar-refractivity contribution in [2.45, 2.75) is 43.7 Å². The zero-order chi connectivity index (χ0) is 16.8. The molecule has 0 N–H and O–H groups in total. The Bertz CT molecular complexity index is 753. The molecule has 2 aromatic rings. The normalized spacial score (nSPS) is 16.0. The van der Waals surface area contributed by atoms with Crippen LogP contribution in [-0.4, -0.2) is 0 Å². The van der Waals surface area contributed by atoms with Crippen LogP contribution in [0.1, 0.15) is 55.0 Å². The smallest absolute Gasteiger partial charge is 1.00 e. The van der Waals surface area contributed by atoms with Gasteiger partial charge in [0.05, 0.1) is 0 Å². The summed E-state index contributed by atoms with van der Waals surface area (Å²) in [5, 5.41) is 0. The van der Waals surface area contributed by atoms with Gasteiger partial charge in [0.1, 0.15) is 0 Å². The first kappa shape index (κ1) is 22.7. The molecule has 0 aromatic heterocycles. The Morgan fingerprint density at radius 1 is 0.920 bits per heavy atom. The summed E-state index contributed by atoms with van der Waals surface area (Å²) in [4.78, 5) is 0. The minimum Gasteiger partial charge on any atom is -1.00 e. The van der Waals surface area contributed by atoms with E-state index >= 15 is 0 Å². The van der Waals surface area contributed by atoms with E-state index < -0.39 is 0 Å². The molecule has 0 radical (unpaired) electrons. The second-order valence-electron chi connectivity index (χ2n) is 7.87. The third kappa shape index (κ3) is 4.49. The maximum atomic E-state index is 2.46. The zero-order valence-corrected chi connectivity index (χ0v) is 20.6. The minimum atomic E-state index is 0. The third-order valence-electron chi connectivity index (χ3n) is 4.82. The van der Waals surface area contributed by atoms with Crippen LogP contribution in [0.3, 0.4) is 0 Å². The van der Waals surface area contributed by atoms with E-state index in [0.29, 0.717) is 9.59 Å². The minimum absolute atomic E-state index is 0. The average Bonchev–Trinajstić information content (AvgIpc) is 2.84. The van der Waals surface area contributed by atoms with Gasteiger partial charge in [-0.2, -0.15) is 0 Å². The standard InChI is InChI=1S/C22H25.2ClH.Hf/c1-15(2)18-13-17-7-6-8-20(21(17)14-18)16-9-11-19(12-10-16)22(3,4)5;;;/h6-15H,1-5H3;2*1H;/q;;;+2/p-2. The van der Waals surface area contributed by atoms with E-state index in [1.165, 1.54) is 52.2 Å². The van der Waals surface area contributed by atoms with E-state index in [2.05, 4.69) is 83.2 Å². The van der Waals surface area contributed by atoms with Crippen LogP contribution in [0.4, 0.5) is 0 Å². The number of hydrogen-bond acceptors (Lipinski definition) is 0. The fourth-order valence-electron chi connectivity index (χ4n) is 3.33. The van der Waals surface area contributed by atoms with Gasteiger partial charge in [-0.05, 0) is 0 Å².